The first-order valence-electron chi connectivity index (χ1n) is 10.2. The van der Waals surface area contributed by atoms with Crippen LogP contribution in [0.1, 0.15) is 5.56 Å². The lowest BCUT2D eigenvalue weighted by molar-refractivity contribution is 0.277. The molecular weight excluding hydrogens is 456 g/mol. The van der Waals surface area contributed by atoms with E-state index in [-0.39, 0.29) is 16.8 Å². The van der Waals surface area contributed by atoms with Gasteiger partial charge in [0.15, 0.2) is 0 Å². The zero-order valence-corrected chi connectivity index (χ0v) is 19.3. The van der Waals surface area contributed by atoms with Crippen LogP contribution in [0.2, 0.25) is 0 Å². The topological polar surface area (TPSA) is 108 Å². The van der Waals surface area contributed by atoms with Gasteiger partial charge in [0.25, 0.3) is 0 Å². The lowest BCUT2D eigenvalue weighted by Gasteiger charge is -2.22. The van der Waals surface area contributed by atoms with Crippen molar-refractivity contribution in [2.45, 2.75) is 11.1 Å². The summed E-state index contributed by atoms with van der Waals surface area (Å²) in [6, 6.07) is 19.9. The average molecular weight is 479 g/mol. The van der Waals surface area contributed by atoms with Crippen molar-refractivity contribution in [3.05, 3.63) is 83.7 Å². The van der Waals surface area contributed by atoms with Crippen LogP contribution >= 0.6 is 11.3 Å². The number of hydrogen-bond acceptors (Lipinski definition) is 7. The minimum Gasteiger partial charge on any atom is -0.508 e. The van der Waals surface area contributed by atoms with E-state index in [9.17, 15) is 13.5 Å². The third kappa shape index (κ3) is 4.19. The molecule has 4 aromatic rings. The summed E-state index contributed by atoms with van der Waals surface area (Å²) in [5, 5.41) is 23.4. The van der Waals surface area contributed by atoms with Gasteiger partial charge in [-0.2, -0.15) is 0 Å². The van der Waals surface area contributed by atoms with E-state index >= 15 is 0 Å². The SMILES string of the molecule is CN1NC(c2csc3c(-c4ccc(O)cc4)cccc23)=CC1Nc1ccc(S(N)(=O)=O)cc1. The van der Waals surface area contributed by atoms with E-state index in [1.165, 1.54) is 16.8 Å². The number of anilines is 1. The second kappa shape index (κ2) is 8.20. The summed E-state index contributed by atoms with van der Waals surface area (Å²) in [6.45, 7) is 0. The molecule has 0 saturated heterocycles. The highest BCUT2D eigenvalue weighted by Gasteiger charge is 2.24. The number of nitrogens with zero attached hydrogens (tertiary/aromatic N) is 1. The van der Waals surface area contributed by atoms with Crippen LogP contribution < -0.4 is 15.9 Å². The van der Waals surface area contributed by atoms with Gasteiger partial charge in [0.2, 0.25) is 10.0 Å². The Bertz CT molecular complexity index is 1460. The summed E-state index contributed by atoms with van der Waals surface area (Å²) < 4.78 is 24.1. The van der Waals surface area contributed by atoms with Crippen LogP contribution in [0.4, 0.5) is 5.69 Å². The van der Waals surface area contributed by atoms with Crippen LogP contribution in [0.3, 0.4) is 0 Å². The number of rotatable bonds is 5. The van der Waals surface area contributed by atoms with Gasteiger partial charge in [-0.25, -0.2) is 18.6 Å². The van der Waals surface area contributed by atoms with Crippen molar-refractivity contribution in [3.63, 3.8) is 0 Å². The van der Waals surface area contributed by atoms with E-state index in [4.69, 9.17) is 5.14 Å². The number of nitrogens with two attached hydrogens (primary N) is 1. The Labute approximate surface area is 195 Å². The van der Waals surface area contributed by atoms with Gasteiger partial charge in [0.1, 0.15) is 11.9 Å². The van der Waals surface area contributed by atoms with Crippen LogP contribution in [0, 0.1) is 0 Å². The fraction of sp³-hybridized carbons (Fsp3) is 0.0833. The summed E-state index contributed by atoms with van der Waals surface area (Å²) in [7, 11) is -1.78. The molecule has 5 N–H and O–H groups in total. The van der Waals surface area contributed by atoms with E-state index in [1.54, 1.807) is 35.6 Å². The fourth-order valence-corrected chi connectivity index (χ4v) is 5.52. The summed E-state index contributed by atoms with van der Waals surface area (Å²) in [5.74, 6) is 0.249. The number of hydrogen-bond donors (Lipinski definition) is 4. The number of primary sulfonamides is 1. The number of aromatic hydroxyl groups is 1. The standard InChI is InChI=1S/C24H22N4O3S2/c1-28-23(26-16-7-11-18(12-8-16)33(25,30)31)13-22(27-28)21-14-32-24-19(3-2-4-20(21)24)15-5-9-17(29)10-6-15/h2-14,23,26-27,29H,1H3,(H2,25,30,31). The molecule has 5 rings (SSSR count). The number of thiophene rings is 1. The quantitative estimate of drug-likeness (QED) is 0.343. The Hall–Kier alpha value is -3.37. The third-order valence-corrected chi connectivity index (χ3v) is 7.56. The molecule has 1 unspecified atom stereocenters. The summed E-state index contributed by atoms with van der Waals surface area (Å²) in [5.41, 5.74) is 8.47. The van der Waals surface area contributed by atoms with Crippen molar-refractivity contribution in [3.8, 4) is 16.9 Å². The Morgan fingerprint density at radius 2 is 1.76 bits per heavy atom. The van der Waals surface area contributed by atoms with Gasteiger partial charge in [0, 0.05) is 33.8 Å². The third-order valence-electron chi connectivity index (χ3n) is 5.60. The van der Waals surface area contributed by atoms with E-state index in [0.717, 1.165) is 33.5 Å². The van der Waals surface area contributed by atoms with Crippen LogP contribution in [0.5, 0.6) is 5.75 Å². The van der Waals surface area contributed by atoms with Crippen molar-refractivity contribution in [1.82, 2.24) is 10.4 Å². The predicted octanol–water partition coefficient (Wildman–Crippen LogP) is 4.15. The zero-order valence-electron chi connectivity index (χ0n) is 17.7. The van der Waals surface area contributed by atoms with E-state index in [2.05, 4.69) is 34.3 Å². The Morgan fingerprint density at radius 3 is 2.45 bits per heavy atom. The molecule has 0 saturated carbocycles. The highest BCUT2D eigenvalue weighted by atomic mass is 32.2. The molecule has 2 heterocycles. The molecule has 1 aliphatic rings. The van der Waals surface area contributed by atoms with Gasteiger partial charge < -0.3 is 15.8 Å². The van der Waals surface area contributed by atoms with Gasteiger partial charge in [-0.1, -0.05) is 30.3 Å². The Kier molecular flexibility index (Phi) is 5.34. The van der Waals surface area contributed by atoms with Crippen LogP contribution in [0.25, 0.3) is 26.9 Å². The maximum absolute atomic E-state index is 11.5. The molecule has 1 atom stereocenters. The zero-order chi connectivity index (χ0) is 23.2. The minimum atomic E-state index is -3.72. The van der Waals surface area contributed by atoms with Gasteiger partial charge in [0.05, 0.1) is 10.6 Å². The normalized spacial score (nSPS) is 16.5. The first-order valence-corrected chi connectivity index (χ1v) is 12.6. The van der Waals surface area contributed by atoms with Crippen molar-refractivity contribution in [2.75, 3.05) is 12.4 Å². The molecule has 9 heteroatoms. The minimum absolute atomic E-state index is 0.0800. The maximum Gasteiger partial charge on any atom is 0.238 e. The second-order valence-corrected chi connectivity index (χ2v) is 10.3. The largest absolute Gasteiger partial charge is 0.508 e. The molecular formula is C24H22N4O3S2. The first-order chi connectivity index (χ1) is 15.8. The Balaban J connectivity index is 1.44. The molecule has 33 heavy (non-hydrogen) atoms. The lowest BCUT2D eigenvalue weighted by Crippen LogP contribution is -2.39. The number of hydrazine groups is 1. The summed E-state index contributed by atoms with van der Waals surface area (Å²) in [6.07, 6.45) is 1.97. The number of phenols is 1. The molecule has 0 radical (unpaired) electrons. The molecule has 1 aliphatic heterocycles. The van der Waals surface area contributed by atoms with Crippen molar-refractivity contribution in [2.24, 2.45) is 5.14 Å². The predicted molar refractivity (Wildman–Crippen MR) is 133 cm³/mol. The molecule has 0 bridgehead atoms. The highest BCUT2D eigenvalue weighted by Crippen LogP contribution is 2.38. The monoisotopic (exact) mass is 478 g/mol. The van der Waals surface area contributed by atoms with Crippen molar-refractivity contribution < 1.29 is 13.5 Å². The van der Waals surface area contributed by atoms with Crippen LogP contribution in [-0.4, -0.2) is 31.7 Å². The molecule has 1 aromatic heterocycles. The molecule has 0 fully saturated rings. The lowest BCUT2D eigenvalue weighted by atomic mass is 10.0. The second-order valence-electron chi connectivity index (χ2n) is 7.84. The number of sulfonamides is 1. The summed E-state index contributed by atoms with van der Waals surface area (Å²) >= 11 is 1.69. The van der Waals surface area contributed by atoms with E-state index in [1.807, 2.05) is 30.3 Å². The Morgan fingerprint density at radius 1 is 1.03 bits per heavy atom. The molecule has 3 aromatic carbocycles. The van der Waals surface area contributed by atoms with E-state index in [0.29, 0.717) is 0 Å². The highest BCUT2D eigenvalue weighted by molar-refractivity contribution is 7.89. The number of benzene rings is 3. The van der Waals surface area contributed by atoms with Gasteiger partial charge in [-0.3, -0.25) is 0 Å². The number of likely N-dealkylation sites (N-methyl/N-ethyl adjacent to an activating group) is 1. The van der Waals surface area contributed by atoms with Crippen LogP contribution in [0.15, 0.2) is 83.1 Å². The van der Waals surface area contributed by atoms with E-state index < -0.39 is 10.0 Å². The van der Waals surface area contributed by atoms with Gasteiger partial charge in [-0.15, -0.1) is 11.3 Å². The first kappa shape index (κ1) is 21.5. The van der Waals surface area contributed by atoms with Crippen LogP contribution in [-0.2, 0) is 10.0 Å². The molecule has 7 nitrogen and oxygen atoms in total. The number of nitrogens with one attached hydrogen (secondary N) is 2. The molecule has 0 amide bonds. The van der Waals surface area contributed by atoms with Crippen molar-refractivity contribution in [1.29, 1.82) is 0 Å². The maximum atomic E-state index is 11.5. The summed E-state index contributed by atoms with van der Waals surface area (Å²) in [4.78, 5) is 0.0800. The van der Waals surface area contributed by atoms with Gasteiger partial charge in [-0.05, 0) is 53.6 Å². The fourth-order valence-electron chi connectivity index (χ4n) is 3.90. The van der Waals surface area contributed by atoms with Crippen molar-refractivity contribution >= 4 is 42.8 Å². The average Bonchev–Trinajstić information content (AvgIpc) is 3.37. The molecule has 0 aliphatic carbocycles. The number of phenolic OH excluding ortho intramolecular Hbond substituents is 1. The van der Waals surface area contributed by atoms with Gasteiger partial charge >= 0.3 is 0 Å². The molecule has 0 spiro atoms. The smallest absolute Gasteiger partial charge is 0.238 e. The molecule has 168 valence electrons. The number of fused-ring (bicyclic) bond motifs is 1.